The normalized spacial score (nSPS) is 16.1. The van der Waals surface area contributed by atoms with Gasteiger partial charge in [-0.25, -0.2) is 4.79 Å². The number of anilines is 1. The molecule has 2 heterocycles. The summed E-state index contributed by atoms with van der Waals surface area (Å²) in [6.07, 6.45) is 0. The summed E-state index contributed by atoms with van der Waals surface area (Å²) in [6, 6.07) is 11.5. The van der Waals surface area contributed by atoms with Crippen molar-refractivity contribution in [2.45, 2.75) is 19.9 Å². The van der Waals surface area contributed by atoms with Gasteiger partial charge in [0, 0.05) is 31.1 Å². The predicted molar refractivity (Wildman–Crippen MR) is 102 cm³/mol. The van der Waals surface area contributed by atoms with Gasteiger partial charge >= 0.3 is 6.03 Å². The largest absolute Gasteiger partial charge is 0.506 e. The average Bonchev–Trinajstić information content (AvgIpc) is 3.14. The molecule has 1 aromatic carbocycles. The number of thiophene rings is 1. The molecule has 1 aliphatic heterocycles. The number of piperazine rings is 1. The molecule has 0 spiro atoms. The van der Waals surface area contributed by atoms with Crippen molar-refractivity contribution < 1.29 is 9.90 Å². The van der Waals surface area contributed by atoms with Crippen molar-refractivity contribution in [2.75, 3.05) is 31.1 Å². The molecule has 134 valence electrons. The summed E-state index contributed by atoms with van der Waals surface area (Å²) in [7, 11) is 0. The lowest BCUT2D eigenvalue weighted by molar-refractivity contribution is 0.187. The van der Waals surface area contributed by atoms with Crippen LogP contribution in [-0.2, 0) is 0 Å². The Hall–Kier alpha value is -2.21. The molecular weight excluding hydrogens is 334 g/mol. The molecular formula is C19H25N3O2S. The number of para-hydroxylation sites is 2. The van der Waals surface area contributed by atoms with Crippen molar-refractivity contribution in [3.05, 3.63) is 46.7 Å². The number of hydrogen-bond acceptors (Lipinski definition) is 4. The summed E-state index contributed by atoms with van der Waals surface area (Å²) in [5, 5.41) is 15.2. The average molecular weight is 359 g/mol. The van der Waals surface area contributed by atoms with Crippen LogP contribution in [0.3, 0.4) is 0 Å². The summed E-state index contributed by atoms with van der Waals surface area (Å²) < 4.78 is 0. The molecule has 1 atom stereocenters. The Kier molecular flexibility index (Phi) is 5.48. The lowest BCUT2D eigenvalue weighted by Crippen LogP contribution is -2.52. The van der Waals surface area contributed by atoms with Gasteiger partial charge in [0.05, 0.1) is 11.7 Å². The van der Waals surface area contributed by atoms with Crippen LogP contribution in [0.1, 0.15) is 24.8 Å². The first-order valence-corrected chi connectivity index (χ1v) is 9.56. The number of urea groups is 1. The fourth-order valence-electron chi connectivity index (χ4n) is 3.14. The Balaban J connectivity index is 1.59. The molecule has 1 fully saturated rings. The molecule has 0 aliphatic carbocycles. The second-order valence-electron chi connectivity index (χ2n) is 6.65. The lowest BCUT2D eigenvalue weighted by Gasteiger charge is -2.37. The number of phenolic OH excluding ortho intramolecular Hbond substituents is 1. The number of carbonyl (C=O) groups is 1. The van der Waals surface area contributed by atoms with E-state index in [2.05, 4.69) is 30.1 Å². The zero-order valence-corrected chi connectivity index (χ0v) is 15.5. The Morgan fingerprint density at radius 1 is 1.12 bits per heavy atom. The molecule has 3 rings (SSSR count). The van der Waals surface area contributed by atoms with E-state index in [4.69, 9.17) is 0 Å². The second-order valence-corrected chi connectivity index (χ2v) is 7.63. The first-order chi connectivity index (χ1) is 12.1. The zero-order chi connectivity index (χ0) is 17.8. The van der Waals surface area contributed by atoms with E-state index >= 15 is 0 Å². The summed E-state index contributed by atoms with van der Waals surface area (Å²) in [5.74, 6) is 0.628. The maximum Gasteiger partial charge on any atom is 0.318 e. The van der Waals surface area contributed by atoms with E-state index in [1.54, 1.807) is 17.4 Å². The number of phenols is 1. The molecule has 25 heavy (non-hydrogen) atoms. The molecule has 2 aromatic rings. The van der Waals surface area contributed by atoms with E-state index in [-0.39, 0.29) is 17.8 Å². The van der Waals surface area contributed by atoms with Crippen molar-refractivity contribution in [1.82, 2.24) is 10.2 Å². The third-order valence-corrected chi connectivity index (χ3v) is 5.54. The van der Waals surface area contributed by atoms with E-state index in [9.17, 15) is 9.90 Å². The van der Waals surface area contributed by atoms with Gasteiger partial charge < -0.3 is 20.2 Å². The Bertz CT molecular complexity index is 694. The molecule has 1 saturated heterocycles. The van der Waals surface area contributed by atoms with Crippen molar-refractivity contribution in [1.29, 1.82) is 0 Å². The molecule has 2 N–H and O–H groups in total. The number of carbonyl (C=O) groups excluding carboxylic acids is 1. The number of aromatic hydroxyl groups is 1. The Morgan fingerprint density at radius 3 is 2.44 bits per heavy atom. The fourth-order valence-corrected chi connectivity index (χ4v) is 4.09. The van der Waals surface area contributed by atoms with Crippen LogP contribution in [-0.4, -0.2) is 42.2 Å². The van der Waals surface area contributed by atoms with Gasteiger partial charge in [0.15, 0.2) is 0 Å². The molecule has 2 amide bonds. The predicted octanol–water partition coefficient (Wildman–Crippen LogP) is 3.68. The molecule has 1 aromatic heterocycles. The van der Waals surface area contributed by atoms with Crippen LogP contribution >= 0.6 is 11.3 Å². The van der Waals surface area contributed by atoms with Crippen LogP contribution in [0.2, 0.25) is 0 Å². The Morgan fingerprint density at radius 2 is 1.84 bits per heavy atom. The smallest absolute Gasteiger partial charge is 0.318 e. The van der Waals surface area contributed by atoms with Crippen LogP contribution < -0.4 is 10.2 Å². The van der Waals surface area contributed by atoms with Crippen LogP contribution in [0.4, 0.5) is 10.5 Å². The van der Waals surface area contributed by atoms with E-state index in [0.717, 1.165) is 18.8 Å². The van der Waals surface area contributed by atoms with E-state index < -0.39 is 0 Å². The number of nitrogens with one attached hydrogen (secondary N) is 1. The zero-order valence-electron chi connectivity index (χ0n) is 14.7. The molecule has 0 saturated carbocycles. The van der Waals surface area contributed by atoms with Gasteiger partial charge in [-0.2, -0.15) is 0 Å². The van der Waals surface area contributed by atoms with Gasteiger partial charge in [-0.05, 0) is 29.5 Å². The van der Waals surface area contributed by atoms with Gasteiger partial charge in [0.25, 0.3) is 0 Å². The monoisotopic (exact) mass is 359 g/mol. The third-order valence-electron chi connectivity index (χ3n) is 4.58. The quantitative estimate of drug-likeness (QED) is 0.875. The first-order valence-electron chi connectivity index (χ1n) is 8.68. The van der Waals surface area contributed by atoms with Gasteiger partial charge in [-0.1, -0.05) is 32.0 Å². The van der Waals surface area contributed by atoms with Crippen molar-refractivity contribution in [2.24, 2.45) is 5.92 Å². The lowest BCUT2D eigenvalue weighted by atomic mass is 10.0. The highest BCUT2D eigenvalue weighted by Crippen LogP contribution is 2.28. The topological polar surface area (TPSA) is 55.8 Å². The number of nitrogens with zero attached hydrogens (tertiary/aromatic N) is 2. The molecule has 0 bridgehead atoms. The van der Waals surface area contributed by atoms with Crippen LogP contribution in [0, 0.1) is 5.92 Å². The first kappa shape index (κ1) is 17.6. The third kappa shape index (κ3) is 4.07. The van der Waals surface area contributed by atoms with Crippen LogP contribution in [0.25, 0.3) is 0 Å². The summed E-state index contributed by atoms with van der Waals surface area (Å²) in [5.41, 5.74) is 0.834. The van der Waals surface area contributed by atoms with E-state index in [0.29, 0.717) is 19.0 Å². The van der Waals surface area contributed by atoms with E-state index in [1.807, 2.05) is 34.5 Å². The molecule has 0 unspecified atom stereocenters. The van der Waals surface area contributed by atoms with Crippen molar-refractivity contribution >= 4 is 23.1 Å². The molecule has 5 nitrogen and oxygen atoms in total. The van der Waals surface area contributed by atoms with Gasteiger partial charge in [0.1, 0.15) is 5.75 Å². The van der Waals surface area contributed by atoms with Crippen molar-refractivity contribution in [3.63, 3.8) is 0 Å². The van der Waals surface area contributed by atoms with E-state index in [1.165, 1.54) is 4.88 Å². The number of amides is 2. The highest BCUT2D eigenvalue weighted by molar-refractivity contribution is 7.10. The summed E-state index contributed by atoms with van der Waals surface area (Å²) in [6.45, 7) is 6.99. The summed E-state index contributed by atoms with van der Waals surface area (Å²) >= 11 is 1.68. The second kappa shape index (κ2) is 7.78. The van der Waals surface area contributed by atoms with Crippen LogP contribution in [0.15, 0.2) is 41.8 Å². The number of hydrogen-bond donors (Lipinski definition) is 2. The molecule has 6 heteroatoms. The number of rotatable bonds is 4. The minimum absolute atomic E-state index is 0.0102. The maximum absolute atomic E-state index is 12.7. The van der Waals surface area contributed by atoms with Gasteiger partial charge in [0.2, 0.25) is 0 Å². The van der Waals surface area contributed by atoms with Gasteiger partial charge in [-0.15, -0.1) is 11.3 Å². The Labute approximate surface area is 152 Å². The van der Waals surface area contributed by atoms with Gasteiger partial charge in [-0.3, -0.25) is 0 Å². The minimum atomic E-state index is -0.0102. The van der Waals surface area contributed by atoms with Crippen LogP contribution in [0.5, 0.6) is 5.75 Å². The summed E-state index contributed by atoms with van der Waals surface area (Å²) in [4.78, 5) is 17.8. The highest BCUT2D eigenvalue weighted by atomic mass is 32.1. The minimum Gasteiger partial charge on any atom is -0.506 e. The SMILES string of the molecule is CC(C)[C@H](NC(=O)N1CCN(c2ccccc2O)CC1)c1cccs1. The molecule has 1 aliphatic rings. The fraction of sp³-hybridized carbons (Fsp3) is 0.421. The maximum atomic E-state index is 12.7. The molecule has 0 radical (unpaired) electrons. The standard InChI is InChI=1S/C19H25N3O2S/c1-14(2)18(17-8-5-13-25-17)20-19(24)22-11-9-21(10-12-22)15-6-3-4-7-16(15)23/h3-8,13-14,18,23H,9-12H2,1-2H3,(H,20,24)/t18-/m0/s1. The number of benzene rings is 1. The van der Waals surface area contributed by atoms with Crippen molar-refractivity contribution in [3.8, 4) is 5.75 Å². The highest BCUT2D eigenvalue weighted by Gasteiger charge is 2.26.